The van der Waals surface area contributed by atoms with Crippen LogP contribution in [0.5, 0.6) is 11.5 Å². The van der Waals surface area contributed by atoms with Gasteiger partial charge >= 0.3 is 0 Å². The molecule has 1 N–H and O–H groups in total. The first kappa shape index (κ1) is 23.0. The number of ether oxygens (including phenoxy) is 1. The van der Waals surface area contributed by atoms with Gasteiger partial charge in [0.2, 0.25) is 0 Å². The van der Waals surface area contributed by atoms with Gasteiger partial charge in [0.1, 0.15) is 17.1 Å². The fraction of sp³-hybridized carbons (Fsp3) is 0.690. The summed E-state index contributed by atoms with van der Waals surface area (Å²) in [5.41, 5.74) is 6.05. The number of aliphatic imine (C=N–C) groups is 1. The number of likely N-dealkylation sites (tertiary alicyclic amines) is 1. The molecule has 1 aromatic rings. The maximum Gasteiger partial charge on any atom is 0.133 e. The average Bonchev–Trinajstić information content (AvgIpc) is 3.50. The van der Waals surface area contributed by atoms with Gasteiger partial charge in [-0.2, -0.15) is 0 Å². The first-order valence-corrected chi connectivity index (χ1v) is 13.3. The predicted molar refractivity (Wildman–Crippen MR) is 136 cm³/mol. The summed E-state index contributed by atoms with van der Waals surface area (Å²) >= 11 is 0. The summed E-state index contributed by atoms with van der Waals surface area (Å²) in [4.78, 5) is 7.40. The van der Waals surface area contributed by atoms with E-state index < -0.39 is 0 Å². The number of phenols is 1. The van der Waals surface area contributed by atoms with E-state index in [1.54, 1.807) is 0 Å². The third kappa shape index (κ3) is 3.83. The molecule has 1 saturated heterocycles. The van der Waals surface area contributed by atoms with Crippen LogP contribution < -0.4 is 4.74 Å². The van der Waals surface area contributed by atoms with Crippen LogP contribution in [0.15, 0.2) is 16.6 Å². The van der Waals surface area contributed by atoms with Crippen molar-refractivity contribution in [2.75, 3.05) is 13.6 Å². The second-order valence-corrected chi connectivity index (χ2v) is 11.5. The molecule has 0 spiro atoms. The zero-order valence-electron chi connectivity index (χ0n) is 21.3. The minimum Gasteiger partial charge on any atom is -0.507 e. The van der Waals surface area contributed by atoms with E-state index in [1.165, 1.54) is 41.5 Å². The second kappa shape index (κ2) is 8.76. The Kier molecular flexibility index (Phi) is 6.09. The van der Waals surface area contributed by atoms with Gasteiger partial charge in [0.25, 0.3) is 0 Å². The molecule has 180 valence electrons. The normalized spacial score (nSPS) is 30.3. The topological polar surface area (TPSA) is 45.1 Å². The van der Waals surface area contributed by atoms with Crippen molar-refractivity contribution in [2.45, 2.75) is 109 Å². The molecule has 3 heterocycles. The van der Waals surface area contributed by atoms with E-state index in [1.807, 2.05) is 0 Å². The minimum atomic E-state index is -0.262. The van der Waals surface area contributed by atoms with E-state index >= 15 is 0 Å². The van der Waals surface area contributed by atoms with E-state index in [2.05, 4.69) is 51.9 Å². The molecule has 0 radical (unpaired) electrons. The molecule has 3 aliphatic heterocycles. The van der Waals surface area contributed by atoms with Crippen molar-refractivity contribution < 1.29 is 9.84 Å². The van der Waals surface area contributed by atoms with Gasteiger partial charge in [0.15, 0.2) is 0 Å². The summed E-state index contributed by atoms with van der Waals surface area (Å²) < 4.78 is 6.92. The molecule has 1 fully saturated rings. The molecule has 0 saturated carbocycles. The highest BCUT2D eigenvalue weighted by Gasteiger charge is 2.49. The van der Waals surface area contributed by atoms with Gasteiger partial charge in [-0.15, -0.1) is 0 Å². The average molecular weight is 451 g/mol. The fourth-order valence-electron chi connectivity index (χ4n) is 7.04. The number of unbranched alkanes of at least 4 members (excludes halogenated alkanes) is 2. The van der Waals surface area contributed by atoms with Crippen molar-refractivity contribution in [2.24, 2.45) is 10.9 Å². The SMILES string of the molecule is CCCCCc1c(C2CCC=N2)c2c(c(O)c1[C@@H]1CCCN1C)C1C=C(C)CC1C(C)(C)O2. The second-order valence-electron chi connectivity index (χ2n) is 11.5. The fourth-order valence-corrected chi connectivity index (χ4v) is 7.04. The van der Waals surface area contributed by atoms with Gasteiger partial charge in [0.05, 0.1) is 6.04 Å². The predicted octanol–water partition coefficient (Wildman–Crippen LogP) is 7.02. The van der Waals surface area contributed by atoms with Crippen LogP contribution in [0.25, 0.3) is 0 Å². The summed E-state index contributed by atoms with van der Waals surface area (Å²) in [5, 5.41) is 12.0. The van der Waals surface area contributed by atoms with Crippen LogP contribution in [0.3, 0.4) is 0 Å². The van der Waals surface area contributed by atoms with E-state index in [-0.39, 0.29) is 23.6 Å². The number of allylic oxidation sites excluding steroid dienone is 2. The lowest BCUT2D eigenvalue weighted by Crippen LogP contribution is -2.43. The van der Waals surface area contributed by atoms with Gasteiger partial charge in [-0.3, -0.25) is 9.89 Å². The third-order valence-corrected chi connectivity index (χ3v) is 8.75. The summed E-state index contributed by atoms with van der Waals surface area (Å²) in [5.74, 6) is 2.08. The van der Waals surface area contributed by atoms with E-state index in [0.717, 1.165) is 56.4 Å². The quantitative estimate of drug-likeness (QED) is 0.374. The van der Waals surface area contributed by atoms with Crippen molar-refractivity contribution in [3.05, 3.63) is 33.9 Å². The molecule has 4 atom stereocenters. The number of aromatic hydroxyl groups is 1. The Bertz CT molecular complexity index is 977. The van der Waals surface area contributed by atoms with Gasteiger partial charge < -0.3 is 9.84 Å². The number of hydrogen-bond acceptors (Lipinski definition) is 4. The maximum absolute atomic E-state index is 12.0. The Balaban J connectivity index is 1.78. The monoisotopic (exact) mass is 450 g/mol. The highest BCUT2D eigenvalue weighted by molar-refractivity contribution is 5.67. The zero-order chi connectivity index (χ0) is 23.3. The summed E-state index contributed by atoms with van der Waals surface area (Å²) in [6.45, 7) is 10.1. The molecule has 3 unspecified atom stereocenters. The first-order valence-electron chi connectivity index (χ1n) is 13.3. The Morgan fingerprint density at radius 2 is 2.00 bits per heavy atom. The van der Waals surface area contributed by atoms with E-state index in [9.17, 15) is 5.11 Å². The molecule has 0 aromatic heterocycles. The molecule has 0 bridgehead atoms. The minimum absolute atomic E-state index is 0.153. The van der Waals surface area contributed by atoms with E-state index in [0.29, 0.717) is 11.7 Å². The zero-order valence-corrected chi connectivity index (χ0v) is 21.3. The van der Waals surface area contributed by atoms with E-state index in [4.69, 9.17) is 9.73 Å². The largest absolute Gasteiger partial charge is 0.507 e. The Labute approximate surface area is 200 Å². The van der Waals surface area contributed by atoms with Crippen LogP contribution in [0.4, 0.5) is 0 Å². The standard InChI is InChI=1S/C29H42N2O2/c1-6-7-8-11-19-24(22-12-9-14-30-22)28-26(27(32)25(19)23-13-10-15-31(23)5)20-16-18(2)17-21(20)29(3,4)33-28/h14,16,20-23,32H,6-13,15,17H2,1-5H3/t20?,21?,22?,23-/m0/s1. The summed E-state index contributed by atoms with van der Waals surface area (Å²) in [7, 11) is 2.22. The van der Waals surface area contributed by atoms with Crippen LogP contribution in [-0.2, 0) is 6.42 Å². The summed E-state index contributed by atoms with van der Waals surface area (Å²) in [6, 6.07) is 0.441. The lowest BCUT2D eigenvalue weighted by molar-refractivity contribution is 0.0208. The Morgan fingerprint density at radius 3 is 2.67 bits per heavy atom. The summed E-state index contributed by atoms with van der Waals surface area (Å²) in [6.07, 6.45) is 14.5. The van der Waals surface area contributed by atoms with Crippen LogP contribution >= 0.6 is 0 Å². The molecular weight excluding hydrogens is 408 g/mol. The molecule has 4 aliphatic rings. The maximum atomic E-state index is 12.0. The highest BCUT2D eigenvalue weighted by atomic mass is 16.5. The smallest absolute Gasteiger partial charge is 0.133 e. The molecule has 33 heavy (non-hydrogen) atoms. The molecule has 4 heteroatoms. The molecule has 5 rings (SSSR count). The lowest BCUT2D eigenvalue weighted by Gasteiger charge is -2.44. The van der Waals surface area contributed by atoms with Crippen molar-refractivity contribution in [3.63, 3.8) is 0 Å². The third-order valence-electron chi connectivity index (χ3n) is 8.75. The van der Waals surface area contributed by atoms with Gasteiger partial charge in [-0.05, 0) is 91.1 Å². The van der Waals surface area contributed by atoms with Crippen LogP contribution in [0.2, 0.25) is 0 Å². The Hall–Kier alpha value is -1.81. The molecule has 0 amide bonds. The van der Waals surface area contributed by atoms with Crippen LogP contribution in [0.1, 0.15) is 119 Å². The number of fused-ring (bicyclic) bond motifs is 3. The molecule has 1 aromatic carbocycles. The number of benzene rings is 1. The van der Waals surface area contributed by atoms with Crippen molar-refractivity contribution in [1.29, 1.82) is 0 Å². The molecule has 1 aliphatic carbocycles. The lowest BCUT2D eigenvalue weighted by atomic mass is 9.72. The first-order chi connectivity index (χ1) is 15.8. The number of rotatable bonds is 6. The van der Waals surface area contributed by atoms with Crippen LogP contribution in [-0.4, -0.2) is 35.4 Å². The Morgan fingerprint density at radius 1 is 1.18 bits per heavy atom. The van der Waals surface area contributed by atoms with Gasteiger partial charge in [0, 0.05) is 34.6 Å². The number of hydrogen-bond donors (Lipinski definition) is 1. The van der Waals surface area contributed by atoms with Crippen molar-refractivity contribution in [3.8, 4) is 11.5 Å². The number of nitrogens with zero attached hydrogens (tertiary/aromatic N) is 2. The van der Waals surface area contributed by atoms with Gasteiger partial charge in [-0.1, -0.05) is 31.4 Å². The van der Waals surface area contributed by atoms with Crippen molar-refractivity contribution >= 4 is 6.21 Å². The molecular formula is C29H42N2O2. The molecule has 4 nitrogen and oxygen atoms in total. The van der Waals surface area contributed by atoms with Crippen LogP contribution in [0, 0.1) is 5.92 Å². The van der Waals surface area contributed by atoms with Crippen molar-refractivity contribution in [1.82, 2.24) is 4.90 Å². The van der Waals surface area contributed by atoms with Gasteiger partial charge in [-0.25, -0.2) is 0 Å². The number of phenolic OH excluding ortho intramolecular Hbond substituents is 1. The highest BCUT2D eigenvalue weighted by Crippen LogP contribution is 2.60.